The van der Waals surface area contributed by atoms with Crippen molar-refractivity contribution >= 4 is 17.8 Å². The minimum Gasteiger partial charge on any atom is -0.372 e. The maximum atomic E-state index is 11.8. The summed E-state index contributed by atoms with van der Waals surface area (Å²) in [5.74, 6) is 0.00648. The highest BCUT2D eigenvalue weighted by Gasteiger charge is 2.01. The maximum Gasteiger partial charge on any atom is 0.240 e. The molecule has 4 nitrogen and oxygen atoms in total. The van der Waals surface area contributed by atoms with Crippen molar-refractivity contribution in [1.29, 1.82) is 0 Å². The molecule has 0 fully saturated rings. The van der Waals surface area contributed by atoms with E-state index in [0.717, 1.165) is 31.5 Å². The van der Waals surface area contributed by atoms with Crippen molar-refractivity contribution in [3.05, 3.63) is 29.8 Å². The number of carbonyl (C=O) groups excluding carboxylic acids is 1. The van der Waals surface area contributed by atoms with E-state index in [2.05, 4.69) is 48.3 Å². The highest BCUT2D eigenvalue weighted by molar-refractivity contribution is 5.82. The van der Waals surface area contributed by atoms with E-state index in [1.165, 1.54) is 44.2 Å². The number of hydrazone groups is 1. The Balaban J connectivity index is 2.18. The first-order valence-corrected chi connectivity index (χ1v) is 10.4. The van der Waals surface area contributed by atoms with Crippen LogP contribution in [-0.4, -0.2) is 25.2 Å². The second-order valence-corrected chi connectivity index (χ2v) is 6.78. The zero-order valence-corrected chi connectivity index (χ0v) is 17.0. The van der Waals surface area contributed by atoms with Crippen molar-refractivity contribution in [2.24, 2.45) is 5.10 Å². The smallest absolute Gasteiger partial charge is 0.240 e. The molecule has 1 aromatic rings. The Morgan fingerprint density at radius 3 is 2.08 bits per heavy atom. The van der Waals surface area contributed by atoms with Crippen molar-refractivity contribution in [1.82, 2.24) is 5.43 Å². The molecule has 0 aromatic heterocycles. The van der Waals surface area contributed by atoms with Crippen LogP contribution in [0, 0.1) is 0 Å². The van der Waals surface area contributed by atoms with Crippen LogP contribution in [0.5, 0.6) is 0 Å². The molecule has 4 heteroatoms. The predicted octanol–water partition coefficient (Wildman–Crippen LogP) is 5.51. The monoisotopic (exact) mass is 359 g/mol. The summed E-state index contributed by atoms with van der Waals surface area (Å²) >= 11 is 0. The van der Waals surface area contributed by atoms with E-state index >= 15 is 0 Å². The molecule has 0 heterocycles. The number of anilines is 1. The Labute approximate surface area is 160 Å². The Hall–Kier alpha value is -1.84. The topological polar surface area (TPSA) is 44.7 Å². The molecule has 0 atom stereocenters. The van der Waals surface area contributed by atoms with Crippen LogP contribution in [0.25, 0.3) is 0 Å². The molecule has 0 aliphatic carbocycles. The Kier molecular flexibility index (Phi) is 12.2. The van der Waals surface area contributed by atoms with E-state index in [1.54, 1.807) is 6.21 Å². The standard InChI is InChI=1S/C22H37N3O/c1-4-7-8-9-10-11-12-13-14-22(26)24-23-19-20-15-17-21(18-16-20)25(5-2)6-3/h15-19H,4-14H2,1-3H3,(H,24,26). The van der Waals surface area contributed by atoms with Gasteiger partial charge in [0, 0.05) is 25.2 Å². The largest absolute Gasteiger partial charge is 0.372 e. The number of amides is 1. The summed E-state index contributed by atoms with van der Waals surface area (Å²) < 4.78 is 0. The van der Waals surface area contributed by atoms with Crippen LogP contribution >= 0.6 is 0 Å². The number of nitrogens with one attached hydrogen (secondary N) is 1. The lowest BCUT2D eigenvalue weighted by Gasteiger charge is -2.20. The van der Waals surface area contributed by atoms with Gasteiger partial charge < -0.3 is 4.90 Å². The molecule has 26 heavy (non-hydrogen) atoms. The highest BCUT2D eigenvalue weighted by atomic mass is 16.2. The average molecular weight is 360 g/mol. The Bertz CT molecular complexity index is 507. The molecular formula is C22H37N3O. The second-order valence-electron chi connectivity index (χ2n) is 6.78. The molecule has 0 radical (unpaired) electrons. The Morgan fingerprint density at radius 2 is 1.50 bits per heavy atom. The van der Waals surface area contributed by atoms with Gasteiger partial charge in [-0.15, -0.1) is 0 Å². The molecular weight excluding hydrogens is 322 g/mol. The second kappa shape index (κ2) is 14.3. The number of carbonyl (C=O) groups is 1. The van der Waals surface area contributed by atoms with Crippen molar-refractivity contribution in [3.63, 3.8) is 0 Å². The number of hydrogen-bond donors (Lipinski definition) is 1. The van der Waals surface area contributed by atoms with Crippen LogP contribution in [0.15, 0.2) is 29.4 Å². The van der Waals surface area contributed by atoms with Gasteiger partial charge in [0.2, 0.25) is 5.91 Å². The summed E-state index contributed by atoms with van der Waals surface area (Å²) in [6, 6.07) is 8.25. The molecule has 1 aromatic carbocycles. The zero-order valence-electron chi connectivity index (χ0n) is 17.0. The van der Waals surface area contributed by atoms with Crippen LogP contribution < -0.4 is 10.3 Å². The van der Waals surface area contributed by atoms with Gasteiger partial charge in [0.1, 0.15) is 0 Å². The number of hydrogen-bond acceptors (Lipinski definition) is 3. The van der Waals surface area contributed by atoms with Gasteiger partial charge in [0.25, 0.3) is 0 Å². The summed E-state index contributed by atoms with van der Waals surface area (Å²) in [6.07, 6.45) is 12.2. The molecule has 1 amide bonds. The molecule has 0 bridgehead atoms. The van der Waals surface area contributed by atoms with E-state index in [-0.39, 0.29) is 5.91 Å². The van der Waals surface area contributed by atoms with E-state index in [9.17, 15) is 4.79 Å². The lowest BCUT2D eigenvalue weighted by molar-refractivity contribution is -0.121. The first-order chi connectivity index (χ1) is 12.7. The van der Waals surface area contributed by atoms with Gasteiger partial charge in [0.15, 0.2) is 0 Å². The van der Waals surface area contributed by atoms with Crippen LogP contribution in [0.2, 0.25) is 0 Å². The fourth-order valence-electron chi connectivity index (χ4n) is 3.01. The van der Waals surface area contributed by atoms with E-state index in [0.29, 0.717) is 6.42 Å². The van der Waals surface area contributed by atoms with Gasteiger partial charge in [-0.2, -0.15) is 5.10 Å². The third-order valence-corrected chi connectivity index (χ3v) is 4.68. The summed E-state index contributed by atoms with van der Waals surface area (Å²) in [5.41, 5.74) is 4.84. The van der Waals surface area contributed by atoms with Gasteiger partial charge in [0.05, 0.1) is 6.21 Å². The Morgan fingerprint density at radius 1 is 0.923 bits per heavy atom. The third-order valence-electron chi connectivity index (χ3n) is 4.68. The van der Waals surface area contributed by atoms with Crippen molar-refractivity contribution in [2.45, 2.75) is 78.6 Å². The van der Waals surface area contributed by atoms with Crippen LogP contribution in [0.3, 0.4) is 0 Å². The third kappa shape index (κ3) is 9.59. The zero-order chi connectivity index (χ0) is 19.0. The SMILES string of the molecule is CCCCCCCCCCC(=O)NN=Cc1ccc(N(CC)CC)cc1. The van der Waals surface area contributed by atoms with Gasteiger partial charge in [-0.3, -0.25) is 4.79 Å². The molecule has 0 aliphatic heterocycles. The van der Waals surface area contributed by atoms with Crippen molar-refractivity contribution in [2.75, 3.05) is 18.0 Å². The number of rotatable bonds is 14. The number of unbranched alkanes of at least 4 members (excludes halogenated alkanes) is 7. The fraction of sp³-hybridized carbons (Fsp3) is 0.636. The first-order valence-electron chi connectivity index (χ1n) is 10.4. The highest BCUT2D eigenvalue weighted by Crippen LogP contribution is 2.14. The maximum absolute atomic E-state index is 11.8. The molecule has 1 N–H and O–H groups in total. The summed E-state index contributed by atoms with van der Waals surface area (Å²) in [7, 11) is 0. The van der Waals surface area contributed by atoms with Gasteiger partial charge in [-0.05, 0) is 38.0 Å². The van der Waals surface area contributed by atoms with E-state index < -0.39 is 0 Å². The van der Waals surface area contributed by atoms with Crippen molar-refractivity contribution in [3.8, 4) is 0 Å². The normalized spacial score (nSPS) is 11.0. The summed E-state index contributed by atoms with van der Waals surface area (Å²) in [4.78, 5) is 14.1. The fourth-order valence-corrected chi connectivity index (χ4v) is 3.01. The average Bonchev–Trinajstić information content (AvgIpc) is 2.66. The summed E-state index contributed by atoms with van der Waals surface area (Å²) in [6.45, 7) is 8.54. The molecule has 0 saturated heterocycles. The van der Waals surface area contributed by atoms with Crippen molar-refractivity contribution < 1.29 is 4.79 Å². The first kappa shape index (κ1) is 22.2. The van der Waals surface area contributed by atoms with Gasteiger partial charge >= 0.3 is 0 Å². The lowest BCUT2D eigenvalue weighted by atomic mass is 10.1. The number of nitrogens with zero attached hydrogens (tertiary/aromatic N) is 2. The minimum atomic E-state index is 0.00648. The van der Waals surface area contributed by atoms with Crippen LogP contribution in [0.1, 0.15) is 84.1 Å². The van der Waals surface area contributed by atoms with Crippen LogP contribution in [0.4, 0.5) is 5.69 Å². The molecule has 0 unspecified atom stereocenters. The molecule has 0 aliphatic rings. The van der Waals surface area contributed by atoms with Crippen LogP contribution in [-0.2, 0) is 4.79 Å². The van der Waals surface area contributed by atoms with Gasteiger partial charge in [-0.25, -0.2) is 5.43 Å². The number of benzene rings is 1. The molecule has 1 rings (SSSR count). The van der Waals surface area contributed by atoms with E-state index in [4.69, 9.17) is 0 Å². The quantitative estimate of drug-likeness (QED) is 0.270. The molecule has 146 valence electrons. The predicted molar refractivity (Wildman–Crippen MR) is 113 cm³/mol. The van der Waals surface area contributed by atoms with Gasteiger partial charge in [-0.1, -0.05) is 64.0 Å². The summed E-state index contributed by atoms with van der Waals surface area (Å²) in [5, 5.41) is 4.07. The lowest BCUT2D eigenvalue weighted by Crippen LogP contribution is -2.21. The molecule has 0 spiro atoms. The minimum absolute atomic E-state index is 0.00648. The molecule has 0 saturated carbocycles. The van der Waals surface area contributed by atoms with E-state index in [1.807, 2.05) is 12.1 Å².